The van der Waals surface area contributed by atoms with Crippen molar-refractivity contribution in [3.8, 4) is 0 Å². The second kappa shape index (κ2) is 33.3. The maximum Gasteiger partial charge on any atom is 0.306 e. The molecule has 9 nitrogen and oxygen atoms in total. The van der Waals surface area contributed by atoms with Crippen LogP contribution < -0.4 is 4.89 Å². The fourth-order valence-electron chi connectivity index (χ4n) is 5.27. The first-order chi connectivity index (χ1) is 24.0. The third-order valence-corrected chi connectivity index (χ3v) is 9.44. The maximum atomic E-state index is 12.6. The van der Waals surface area contributed by atoms with Gasteiger partial charge in [0.05, 0.1) is 27.7 Å². The van der Waals surface area contributed by atoms with Gasteiger partial charge >= 0.3 is 11.9 Å². The second-order valence-corrected chi connectivity index (χ2v) is 16.1. The van der Waals surface area contributed by atoms with Crippen molar-refractivity contribution in [1.29, 1.82) is 0 Å². The van der Waals surface area contributed by atoms with E-state index in [9.17, 15) is 19.0 Å². The van der Waals surface area contributed by atoms with Gasteiger partial charge in [0.25, 0.3) is 7.82 Å². The van der Waals surface area contributed by atoms with Crippen LogP contribution in [0.25, 0.3) is 0 Å². The number of allylic oxidation sites excluding steroid dienone is 4. The predicted octanol–water partition coefficient (Wildman–Crippen LogP) is 10.2. The van der Waals surface area contributed by atoms with Gasteiger partial charge in [-0.2, -0.15) is 0 Å². The average molecular weight is 730 g/mol. The fraction of sp³-hybridized carbons (Fsp3) is 0.850. The fourth-order valence-corrected chi connectivity index (χ4v) is 6.00. The van der Waals surface area contributed by atoms with Crippen molar-refractivity contribution in [2.45, 2.75) is 174 Å². The van der Waals surface area contributed by atoms with Gasteiger partial charge in [-0.15, -0.1) is 0 Å². The molecule has 0 aromatic rings. The number of quaternary nitrogens is 1. The van der Waals surface area contributed by atoms with E-state index in [1.807, 2.05) is 21.1 Å². The number of phosphoric acid groups is 1. The molecule has 0 aliphatic rings. The first kappa shape index (κ1) is 48.5. The summed E-state index contributed by atoms with van der Waals surface area (Å²) >= 11 is 0. The predicted molar refractivity (Wildman–Crippen MR) is 204 cm³/mol. The van der Waals surface area contributed by atoms with E-state index >= 15 is 0 Å². The highest BCUT2D eigenvalue weighted by atomic mass is 31.2. The number of phosphoric ester groups is 1. The molecule has 0 spiro atoms. The summed E-state index contributed by atoms with van der Waals surface area (Å²) in [5.74, 6) is -0.845. The number of hydrogen-bond donors (Lipinski definition) is 0. The van der Waals surface area contributed by atoms with Crippen LogP contribution in [0.5, 0.6) is 0 Å². The Balaban J connectivity index is 4.35. The van der Waals surface area contributed by atoms with E-state index in [1.165, 1.54) is 77.0 Å². The zero-order valence-corrected chi connectivity index (χ0v) is 33.7. The molecule has 0 saturated heterocycles. The molecule has 0 aliphatic carbocycles. The zero-order valence-electron chi connectivity index (χ0n) is 32.8. The third-order valence-electron chi connectivity index (χ3n) is 8.47. The Bertz CT molecular complexity index is 918. The van der Waals surface area contributed by atoms with E-state index in [0.29, 0.717) is 17.4 Å². The minimum absolute atomic E-state index is 0.0307. The van der Waals surface area contributed by atoms with E-state index in [-0.39, 0.29) is 26.1 Å². The summed E-state index contributed by atoms with van der Waals surface area (Å²) in [6.07, 6.45) is 33.5. The lowest BCUT2D eigenvalue weighted by Gasteiger charge is -2.28. The topological polar surface area (TPSA) is 111 Å². The zero-order chi connectivity index (χ0) is 37.2. The number of rotatable bonds is 36. The average Bonchev–Trinajstić information content (AvgIpc) is 3.06. The van der Waals surface area contributed by atoms with Crippen molar-refractivity contribution >= 4 is 19.8 Å². The Labute approximate surface area is 307 Å². The molecule has 2 atom stereocenters. The molecule has 0 fully saturated rings. The van der Waals surface area contributed by atoms with Gasteiger partial charge in [-0.3, -0.25) is 14.2 Å². The largest absolute Gasteiger partial charge is 0.756 e. The van der Waals surface area contributed by atoms with Crippen LogP contribution in [0, 0.1) is 0 Å². The number of ether oxygens (including phenoxy) is 2. The van der Waals surface area contributed by atoms with Crippen LogP contribution in [0.1, 0.15) is 168 Å². The SMILES string of the molecule is CCCCC/C=C\C/C=C\CCCCCCCCCC(=O)OC[C@H](COP(=O)([O-])OCC[N+](C)(C)C)OC(=O)CCCCCCCCCCC. The van der Waals surface area contributed by atoms with Crippen LogP contribution in [0.15, 0.2) is 24.3 Å². The normalized spacial score (nSPS) is 14.0. The summed E-state index contributed by atoms with van der Waals surface area (Å²) in [7, 11) is 1.16. The van der Waals surface area contributed by atoms with Gasteiger partial charge < -0.3 is 27.9 Å². The Morgan fingerprint density at radius 1 is 0.620 bits per heavy atom. The Kier molecular flexibility index (Phi) is 32.3. The summed E-state index contributed by atoms with van der Waals surface area (Å²) in [5, 5.41) is 0. The molecule has 0 heterocycles. The summed E-state index contributed by atoms with van der Waals surface area (Å²) in [6, 6.07) is 0. The number of carbonyl (C=O) groups excluding carboxylic acids is 2. The van der Waals surface area contributed by atoms with Crippen molar-refractivity contribution in [3.05, 3.63) is 24.3 Å². The van der Waals surface area contributed by atoms with E-state index in [2.05, 4.69) is 38.2 Å². The van der Waals surface area contributed by atoms with Crippen LogP contribution in [0.3, 0.4) is 0 Å². The molecule has 10 heteroatoms. The standard InChI is InChI=1S/C40H76NO8P/c1-6-8-10-12-14-16-17-18-19-20-21-22-23-25-26-28-30-32-39(42)46-36-38(37-48-50(44,45)47-35-34-41(3,4)5)49-40(43)33-31-29-27-24-15-13-11-9-7-2/h14,16,18-19,38H,6-13,15,17,20-37H2,1-5H3/b16-14-,19-18-/t38-/m1/s1. The minimum atomic E-state index is -4.61. The van der Waals surface area contributed by atoms with Crippen molar-refractivity contribution in [2.75, 3.05) is 47.5 Å². The molecule has 0 saturated carbocycles. The maximum absolute atomic E-state index is 12.6. The molecule has 0 amide bonds. The van der Waals surface area contributed by atoms with Crippen molar-refractivity contribution in [3.63, 3.8) is 0 Å². The van der Waals surface area contributed by atoms with Gasteiger partial charge in [-0.05, 0) is 44.9 Å². The van der Waals surface area contributed by atoms with Crippen LogP contribution in [0.2, 0.25) is 0 Å². The second-order valence-electron chi connectivity index (χ2n) is 14.7. The molecule has 1 unspecified atom stereocenters. The Hall–Kier alpha value is -1.51. The number of hydrogen-bond acceptors (Lipinski definition) is 8. The number of unbranched alkanes of at least 4 members (excludes halogenated alkanes) is 18. The van der Waals surface area contributed by atoms with Crippen molar-refractivity contribution in [2.24, 2.45) is 0 Å². The molecule has 0 aromatic carbocycles. The molecule has 294 valence electrons. The van der Waals surface area contributed by atoms with Crippen molar-refractivity contribution in [1.82, 2.24) is 0 Å². The summed E-state index contributed by atoms with van der Waals surface area (Å²) < 4.78 is 33.7. The monoisotopic (exact) mass is 730 g/mol. The van der Waals surface area contributed by atoms with Crippen LogP contribution in [-0.4, -0.2) is 70.0 Å². The van der Waals surface area contributed by atoms with Gasteiger partial charge in [0.1, 0.15) is 19.8 Å². The van der Waals surface area contributed by atoms with Crippen LogP contribution >= 0.6 is 7.82 Å². The molecule has 0 aliphatic heterocycles. The van der Waals surface area contributed by atoms with Crippen molar-refractivity contribution < 1.29 is 42.1 Å². The summed E-state index contributed by atoms with van der Waals surface area (Å²) in [5.41, 5.74) is 0. The van der Waals surface area contributed by atoms with Gasteiger partial charge in [-0.25, -0.2) is 0 Å². The Morgan fingerprint density at radius 2 is 1.08 bits per heavy atom. The van der Waals surface area contributed by atoms with Gasteiger partial charge in [0.2, 0.25) is 0 Å². The van der Waals surface area contributed by atoms with E-state index in [4.69, 9.17) is 18.5 Å². The van der Waals surface area contributed by atoms with Crippen LogP contribution in [-0.2, 0) is 32.7 Å². The lowest BCUT2D eigenvalue weighted by molar-refractivity contribution is -0.870. The summed E-state index contributed by atoms with van der Waals surface area (Å²) in [4.78, 5) is 37.3. The highest BCUT2D eigenvalue weighted by Crippen LogP contribution is 2.38. The lowest BCUT2D eigenvalue weighted by Crippen LogP contribution is -2.37. The number of carbonyl (C=O) groups is 2. The molecule has 0 bridgehead atoms. The van der Waals surface area contributed by atoms with Crippen LogP contribution in [0.4, 0.5) is 0 Å². The van der Waals surface area contributed by atoms with Gasteiger partial charge in [-0.1, -0.05) is 134 Å². The Morgan fingerprint density at radius 3 is 1.62 bits per heavy atom. The molecular formula is C40H76NO8P. The quantitative estimate of drug-likeness (QED) is 0.0206. The molecule has 50 heavy (non-hydrogen) atoms. The smallest absolute Gasteiger partial charge is 0.306 e. The first-order valence-electron chi connectivity index (χ1n) is 20.0. The molecular weight excluding hydrogens is 653 g/mol. The van der Waals surface area contributed by atoms with E-state index in [1.54, 1.807) is 0 Å². The third kappa shape index (κ3) is 36.3. The number of nitrogens with zero attached hydrogens (tertiary/aromatic N) is 1. The molecule has 0 N–H and O–H groups in total. The van der Waals surface area contributed by atoms with Gasteiger partial charge in [0.15, 0.2) is 6.10 Å². The highest BCUT2D eigenvalue weighted by Gasteiger charge is 2.21. The van der Waals surface area contributed by atoms with Gasteiger partial charge in [0, 0.05) is 12.8 Å². The molecule has 0 rings (SSSR count). The molecule has 0 radical (unpaired) electrons. The lowest BCUT2D eigenvalue weighted by atomic mass is 10.1. The van der Waals surface area contributed by atoms with E-state index < -0.39 is 32.5 Å². The number of esters is 2. The highest BCUT2D eigenvalue weighted by molar-refractivity contribution is 7.45. The molecule has 0 aromatic heterocycles. The van der Waals surface area contributed by atoms with E-state index in [0.717, 1.165) is 57.8 Å². The summed E-state index contributed by atoms with van der Waals surface area (Å²) in [6.45, 7) is 4.16. The minimum Gasteiger partial charge on any atom is -0.756 e. The number of likely N-dealkylation sites (N-methyl/N-ethyl adjacent to an activating group) is 1. The first-order valence-corrected chi connectivity index (χ1v) is 21.5.